The van der Waals surface area contributed by atoms with Crippen LogP contribution in [0.5, 0.6) is 0 Å². The summed E-state index contributed by atoms with van der Waals surface area (Å²) in [6.45, 7) is 2.63. The average molecular weight is 382 g/mol. The highest BCUT2D eigenvalue weighted by molar-refractivity contribution is 6.09. The Morgan fingerprint density at radius 2 is 1.52 bits per heavy atom. The largest absolute Gasteiger partial charge is 0.416 e. The van der Waals surface area contributed by atoms with E-state index in [9.17, 15) is 27.2 Å². The van der Waals surface area contributed by atoms with Gasteiger partial charge in [-0.3, -0.25) is 9.59 Å². The van der Waals surface area contributed by atoms with Crippen LogP contribution in [0.4, 0.5) is 23.2 Å². The Morgan fingerprint density at radius 3 is 2.07 bits per heavy atom. The summed E-state index contributed by atoms with van der Waals surface area (Å²) in [6, 6.07) is 9.77. The quantitative estimate of drug-likeness (QED) is 0.604. The fourth-order valence-corrected chi connectivity index (χ4v) is 2.17. The number of benzene rings is 2. The summed E-state index contributed by atoms with van der Waals surface area (Å²) in [5.74, 6) is -1.83. The Morgan fingerprint density at radius 1 is 0.926 bits per heavy atom. The second kappa shape index (κ2) is 7.77. The van der Waals surface area contributed by atoms with Crippen molar-refractivity contribution in [2.75, 3.05) is 5.32 Å². The van der Waals surface area contributed by atoms with Crippen molar-refractivity contribution in [3.63, 3.8) is 0 Å². The van der Waals surface area contributed by atoms with E-state index in [2.05, 4.69) is 10.6 Å². The van der Waals surface area contributed by atoms with Gasteiger partial charge < -0.3 is 10.6 Å². The molecule has 0 spiro atoms. The van der Waals surface area contributed by atoms with Gasteiger partial charge in [-0.2, -0.15) is 13.2 Å². The maximum atomic E-state index is 13.6. The minimum Gasteiger partial charge on any atom is -0.351 e. The van der Waals surface area contributed by atoms with E-state index in [0.29, 0.717) is 0 Å². The smallest absolute Gasteiger partial charge is 0.351 e. The molecular formula is C19H18F4N2O2. The van der Waals surface area contributed by atoms with Gasteiger partial charge >= 0.3 is 6.18 Å². The molecule has 0 radical (unpaired) electrons. The number of amides is 2. The number of hydrogen-bond donors (Lipinski definition) is 2. The van der Waals surface area contributed by atoms with Crippen LogP contribution in [-0.4, -0.2) is 11.8 Å². The SMILES string of the molecule is CC(C)(C(=O)NCc1ccccc1F)C(=O)Nc1ccc(C(F)(F)F)cc1. The predicted octanol–water partition coefficient (Wildman–Crippen LogP) is 4.13. The molecule has 0 aromatic heterocycles. The maximum absolute atomic E-state index is 13.6. The van der Waals surface area contributed by atoms with Crippen LogP contribution in [0.1, 0.15) is 25.0 Å². The lowest BCUT2D eigenvalue weighted by atomic mass is 9.90. The first-order valence-electron chi connectivity index (χ1n) is 8.02. The fourth-order valence-electron chi connectivity index (χ4n) is 2.17. The fraction of sp³-hybridized carbons (Fsp3) is 0.263. The molecule has 8 heteroatoms. The zero-order valence-electron chi connectivity index (χ0n) is 14.7. The van der Waals surface area contributed by atoms with E-state index in [1.807, 2.05) is 0 Å². The summed E-state index contributed by atoms with van der Waals surface area (Å²) in [5.41, 5.74) is -1.97. The summed E-state index contributed by atoms with van der Waals surface area (Å²) >= 11 is 0. The molecule has 0 aliphatic rings. The highest BCUT2D eigenvalue weighted by Gasteiger charge is 2.36. The third kappa shape index (κ3) is 5.06. The molecule has 27 heavy (non-hydrogen) atoms. The molecule has 2 aromatic carbocycles. The first-order valence-corrected chi connectivity index (χ1v) is 8.02. The number of carbonyl (C=O) groups excluding carboxylic acids is 2. The summed E-state index contributed by atoms with van der Waals surface area (Å²) in [4.78, 5) is 24.7. The van der Waals surface area contributed by atoms with Crippen molar-refractivity contribution in [3.05, 3.63) is 65.5 Å². The number of carbonyl (C=O) groups is 2. The van der Waals surface area contributed by atoms with E-state index in [-0.39, 0.29) is 17.8 Å². The normalized spacial score (nSPS) is 11.8. The number of rotatable bonds is 5. The molecule has 2 aromatic rings. The third-order valence-electron chi connectivity index (χ3n) is 4.00. The van der Waals surface area contributed by atoms with Crippen molar-refractivity contribution in [2.45, 2.75) is 26.6 Å². The van der Waals surface area contributed by atoms with Crippen LogP contribution < -0.4 is 10.6 Å². The van der Waals surface area contributed by atoms with Crippen LogP contribution in [0, 0.1) is 11.2 Å². The van der Waals surface area contributed by atoms with Crippen LogP contribution in [-0.2, 0) is 22.3 Å². The van der Waals surface area contributed by atoms with E-state index in [1.165, 1.54) is 32.0 Å². The molecule has 2 N–H and O–H groups in total. The second-order valence-electron chi connectivity index (χ2n) is 6.43. The number of hydrogen-bond acceptors (Lipinski definition) is 2. The topological polar surface area (TPSA) is 58.2 Å². The van der Waals surface area contributed by atoms with Crippen molar-refractivity contribution < 1.29 is 27.2 Å². The maximum Gasteiger partial charge on any atom is 0.416 e. The van der Waals surface area contributed by atoms with Gasteiger partial charge in [-0.05, 0) is 44.2 Å². The Labute approximate surface area is 153 Å². The highest BCUT2D eigenvalue weighted by atomic mass is 19.4. The van der Waals surface area contributed by atoms with Gasteiger partial charge in [0.15, 0.2) is 0 Å². The standard InChI is InChI=1S/C19H18F4N2O2/c1-18(2,16(26)24-11-12-5-3-4-6-15(12)20)17(27)25-14-9-7-13(8-10-14)19(21,22)23/h3-10H,11H2,1-2H3,(H,24,26)(H,25,27). The first kappa shape index (κ1) is 20.4. The van der Waals surface area contributed by atoms with Crippen molar-refractivity contribution in [1.29, 1.82) is 0 Å². The Bertz CT molecular complexity index is 830. The molecule has 0 unspecified atom stereocenters. The molecule has 0 bridgehead atoms. The van der Waals surface area contributed by atoms with Crippen LogP contribution in [0.25, 0.3) is 0 Å². The third-order valence-corrected chi connectivity index (χ3v) is 4.00. The van der Waals surface area contributed by atoms with E-state index in [4.69, 9.17) is 0 Å². The molecule has 2 rings (SSSR count). The molecule has 0 aliphatic heterocycles. The Hall–Kier alpha value is -2.90. The zero-order valence-corrected chi connectivity index (χ0v) is 14.7. The van der Waals surface area contributed by atoms with Crippen molar-refractivity contribution in [2.24, 2.45) is 5.41 Å². The number of nitrogens with one attached hydrogen (secondary N) is 2. The molecule has 2 amide bonds. The summed E-state index contributed by atoms with van der Waals surface area (Å²) < 4.78 is 51.3. The molecule has 0 aliphatic carbocycles. The zero-order chi connectivity index (χ0) is 20.2. The van der Waals surface area contributed by atoms with E-state index >= 15 is 0 Å². The van der Waals surface area contributed by atoms with Gasteiger partial charge in [0.1, 0.15) is 11.2 Å². The van der Waals surface area contributed by atoms with Crippen molar-refractivity contribution in [1.82, 2.24) is 5.32 Å². The summed E-state index contributed by atoms with van der Waals surface area (Å²) in [7, 11) is 0. The van der Waals surface area contributed by atoms with Crippen molar-refractivity contribution >= 4 is 17.5 Å². The molecular weight excluding hydrogens is 364 g/mol. The average Bonchev–Trinajstić information content (AvgIpc) is 2.60. The van der Waals surface area contributed by atoms with Gasteiger partial charge in [-0.15, -0.1) is 0 Å². The summed E-state index contributed by atoms with van der Waals surface area (Å²) in [6.07, 6.45) is -4.48. The van der Waals surface area contributed by atoms with Gasteiger partial charge in [0.05, 0.1) is 5.56 Å². The molecule has 0 heterocycles. The van der Waals surface area contributed by atoms with E-state index < -0.39 is 34.8 Å². The Kier molecular flexibility index (Phi) is 5.88. The molecule has 0 fully saturated rings. The monoisotopic (exact) mass is 382 g/mol. The first-order chi connectivity index (χ1) is 12.5. The molecule has 144 valence electrons. The lowest BCUT2D eigenvalue weighted by molar-refractivity contribution is -0.139. The van der Waals surface area contributed by atoms with Crippen LogP contribution >= 0.6 is 0 Å². The van der Waals surface area contributed by atoms with Gasteiger partial charge in [0, 0.05) is 17.8 Å². The number of anilines is 1. The highest BCUT2D eigenvalue weighted by Crippen LogP contribution is 2.30. The lowest BCUT2D eigenvalue weighted by Crippen LogP contribution is -2.45. The summed E-state index contributed by atoms with van der Waals surface area (Å²) in [5, 5.41) is 4.90. The number of halogens is 4. The van der Waals surface area contributed by atoms with Crippen LogP contribution in [0.15, 0.2) is 48.5 Å². The van der Waals surface area contributed by atoms with E-state index in [0.717, 1.165) is 24.3 Å². The van der Waals surface area contributed by atoms with Crippen molar-refractivity contribution in [3.8, 4) is 0 Å². The minimum atomic E-state index is -4.48. The second-order valence-corrected chi connectivity index (χ2v) is 6.43. The molecule has 4 nitrogen and oxygen atoms in total. The lowest BCUT2D eigenvalue weighted by Gasteiger charge is -2.23. The van der Waals surface area contributed by atoms with E-state index in [1.54, 1.807) is 6.07 Å². The molecule has 0 saturated heterocycles. The van der Waals surface area contributed by atoms with Crippen LogP contribution in [0.2, 0.25) is 0 Å². The van der Waals surface area contributed by atoms with Gasteiger partial charge in [0.25, 0.3) is 0 Å². The molecule has 0 atom stereocenters. The van der Waals surface area contributed by atoms with Gasteiger partial charge in [-0.25, -0.2) is 4.39 Å². The minimum absolute atomic E-state index is 0.0947. The van der Waals surface area contributed by atoms with Crippen LogP contribution in [0.3, 0.4) is 0 Å². The number of alkyl halides is 3. The van der Waals surface area contributed by atoms with Gasteiger partial charge in [-0.1, -0.05) is 18.2 Å². The Balaban J connectivity index is 2.01. The predicted molar refractivity (Wildman–Crippen MR) is 92.1 cm³/mol. The molecule has 0 saturated carbocycles. The van der Waals surface area contributed by atoms with Gasteiger partial charge in [0.2, 0.25) is 11.8 Å².